The maximum atomic E-state index is 12.4. The van der Waals surface area contributed by atoms with Crippen LogP contribution < -0.4 is 0 Å². The first-order valence-corrected chi connectivity index (χ1v) is 9.19. The maximum absolute atomic E-state index is 12.4. The fourth-order valence-electron chi connectivity index (χ4n) is 2.75. The lowest BCUT2D eigenvalue weighted by atomic mass is 9.81. The van der Waals surface area contributed by atoms with Crippen LogP contribution in [0, 0.1) is 11.8 Å². The van der Waals surface area contributed by atoms with E-state index in [1.165, 1.54) is 11.2 Å². The van der Waals surface area contributed by atoms with E-state index in [9.17, 15) is 18.0 Å². The summed E-state index contributed by atoms with van der Waals surface area (Å²) in [5, 5.41) is 8.34. The highest BCUT2D eigenvalue weighted by molar-refractivity contribution is 7.91. The van der Waals surface area contributed by atoms with Crippen LogP contribution in [0.2, 0.25) is 0 Å². The van der Waals surface area contributed by atoms with Gasteiger partial charge in [-0.3, -0.25) is 9.59 Å². The van der Waals surface area contributed by atoms with Gasteiger partial charge in [-0.05, 0) is 39.5 Å². The lowest BCUT2D eigenvalue weighted by Gasteiger charge is -2.34. The molecule has 2 unspecified atom stereocenters. The molecule has 0 aliphatic heterocycles. The van der Waals surface area contributed by atoms with Crippen molar-refractivity contribution in [1.29, 1.82) is 0 Å². The van der Waals surface area contributed by atoms with Crippen molar-refractivity contribution in [3.8, 4) is 0 Å². The predicted molar refractivity (Wildman–Crippen MR) is 79.6 cm³/mol. The van der Waals surface area contributed by atoms with Crippen LogP contribution in [0.25, 0.3) is 0 Å². The third-order valence-corrected chi connectivity index (χ3v) is 6.48. The molecule has 21 heavy (non-hydrogen) atoms. The van der Waals surface area contributed by atoms with Crippen molar-refractivity contribution in [2.45, 2.75) is 50.8 Å². The summed E-state index contributed by atoms with van der Waals surface area (Å²) in [5.41, 5.74) is 0. The average Bonchev–Trinajstić information content (AvgIpc) is 2.43. The second-order valence-corrected chi connectivity index (χ2v) is 8.51. The standard InChI is InChI=1S/C14H25NO5S/c1-9(10(2)21(4,19)20)15(3)13(16)11-5-7-12(8-6-11)14(17)18/h9-12H,5-8H2,1-4H3,(H,17,18). The molecule has 0 aromatic heterocycles. The van der Waals surface area contributed by atoms with E-state index in [1.54, 1.807) is 20.9 Å². The lowest BCUT2D eigenvalue weighted by molar-refractivity contribution is -0.145. The number of aliphatic carboxylic acids is 1. The zero-order chi connectivity index (χ0) is 16.4. The Morgan fingerprint density at radius 1 is 1.10 bits per heavy atom. The van der Waals surface area contributed by atoms with Gasteiger partial charge in [-0.25, -0.2) is 8.42 Å². The molecule has 6 nitrogen and oxygen atoms in total. The molecule has 1 amide bonds. The Morgan fingerprint density at radius 2 is 1.52 bits per heavy atom. The van der Waals surface area contributed by atoms with E-state index in [1.807, 2.05) is 0 Å². The van der Waals surface area contributed by atoms with E-state index in [0.717, 1.165) is 0 Å². The van der Waals surface area contributed by atoms with Gasteiger partial charge in [0, 0.05) is 25.3 Å². The second-order valence-electron chi connectivity index (χ2n) is 6.11. The Morgan fingerprint density at radius 3 is 1.90 bits per heavy atom. The maximum Gasteiger partial charge on any atom is 0.306 e. The summed E-state index contributed by atoms with van der Waals surface area (Å²) in [5.74, 6) is -1.43. The van der Waals surface area contributed by atoms with Crippen molar-refractivity contribution < 1.29 is 23.1 Å². The Balaban J connectivity index is 2.65. The van der Waals surface area contributed by atoms with E-state index >= 15 is 0 Å². The van der Waals surface area contributed by atoms with E-state index in [-0.39, 0.29) is 17.7 Å². The van der Waals surface area contributed by atoms with Crippen LogP contribution in [0.5, 0.6) is 0 Å². The quantitative estimate of drug-likeness (QED) is 0.821. The van der Waals surface area contributed by atoms with Crippen molar-refractivity contribution in [3.63, 3.8) is 0 Å². The number of carbonyl (C=O) groups is 2. The van der Waals surface area contributed by atoms with Crippen molar-refractivity contribution in [3.05, 3.63) is 0 Å². The zero-order valence-corrected chi connectivity index (χ0v) is 13.9. The Bertz CT molecular complexity index is 493. The molecule has 0 spiro atoms. The number of carboxylic acids is 1. The summed E-state index contributed by atoms with van der Waals surface area (Å²) in [7, 11) is -1.58. The molecule has 1 aliphatic rings. The van der Waals surface area contributed by atoms with E-state index in [2.05, 4.69) is 0 Å². The fraction of sp³-hybridized carbons (Fsp3) is 0.857. The van der Waals surface area contributed by atoms with Gasteiger partial charge in [0.2, 0.25) is 5.91 Å². The Hall–Kier alpha value is -1.11. The number of amides is 1. The number of carbonyl (C=O) groups excluding carboxylic acids is 1. The fourth-order valence-corrected chi connectivity index (χ4v) is 3.65. The molecule has 0 radical (unpaired) electrons. The number of hydrogen-bond acceptors (Lipinski definition) is 4. The largest absolute Gasteiger partial charge is 0.481 e. The van der Waals surface area contributed by atoms with Crippen molar-refractivity contribution in [2.24, 2.45) is 11.8 Å². The van der Waals surface area contributed by atoms with E-state index in [4.69, 9.17) is 5.11 Å². The molecule has 0 bridgehead atoms. The van der Waals surface area contributed by atoms with Gasteiger partial charge < -0.3 is 10.0 Å². The molecule has 1 saturated carbocycles. The van der Waals surface area contributed by atoms with Gasteiger partial charge in [-0.15, -0.1) is 0 Å². The number of nitrogens with zero attached hydrogens (tertiary/aromatic N) is 1. The van der Waals surface area contributed by atoms with Gasteiger partial charge in [0.1, 0.15) is 0 Å². The first-order valence-electron chi connectivity index (χ1n) is 7.24. The second kappa shape index (κ2) is 6.77. The summed E-state index contributed by atoms with van der Waals surface area (Å²) < 4.78 is 23.2. The van der Waals surface area contributed by atoms with Crippen LogP contribution in [0.1, 0.15) is 39.5 Å². The summed E-state index contributed by atoms with van der Waals surface area (Å²) in [6, 6.07) is -0.398. The number of carboxylic acid groups (broad SMARTS) is 1. The Labute approximate surface area is 126 Å². The Kier molecular flexibility index (Phi) is 5.78. The van der Waals surface area contributed by atoms with Crippen LogP contribution in [0.3, 0.4) is 0 Å². The third-order valence-electron chi connectivity index (χ3n) is 4.74. The van der Waals surface area contributed by atoms with Gasteiger partial charge in [0.05, 0.1) is 11.2 Å². The molecule has 0 saturated heterocycles. The third kappa shape index (κ3) is 4.43. The topological polar surface area (TPSA) is 91.8 Å². The molecule has 0 aromatic carbocycles. The molecular formula is C14H25NO5S. The molecule has 0 heterocycles. The highest BCUT2D eigenvalue weighted by atomic mass is 32.2. The highest BCUT2D eigenvalue weighted by Gasteiger charge is 2.34. The smallest absolute Gasteiger partial charge is 0.306 e. The molecule has 122 valence electrons. The van der Waals surface area contributed by atoms with Gasteiger partial charge >= 0.3 is 5.97 Å². The van der Waals surface area contributed by atoms with Gasteiger partial charge in [-0.2, -0.15) is 0 Å². The van der Waals surface area contributed by atoms with E-state index in [0.29, 0.717) is 25.7 Å². The molecule has 7 heteroatoms. The summed E-state index contributed by atoms with van der Waals surface area (Å²) in [6.45, 7) is 3.33. The summed E-state index contributed by atoms with van der Waals surface area (Å²) in [6.07, 6.45) is 3.30. The van der Waals surface area contributed by atoms with Crippen LogP contribution in [-0.2, 0) is 19.4 Å². The first-order chi connectivity index (χ1) is 9.55. The lowest BCUT2D eigenvalue weighted by Crippen LogP contribution is -2.47. The van der Waals surface area contributed by atoms with Crippen LogP contribution in [0.4, 0.5) is 0 Å². The molecule has 0 aromatic rings. The summed E-state index contributed by atoms with van der Waals surface area (Å²) >= 11 is 0. The monoisotopic (exact) mass is 319 g/mol. The molecule has 1 aliphatic carbocycles. The SMILES string of the molecule is CC(C(C)S(C)(=O)=O)N(C)C(=O)C1CCC(C(=O)O)CC1. The number of sulfone groups is 1. The van der Waals surface area contributed by atoms with Crippen molar-refractivity contribution >= 4 is 21.7 Å². The minimum Gasteiger partial charge on any atom is -0.481 e. The van der Waals surface area contributed by atoms with Crippen molar-refractivity contribution in [2.75, 3.05) is 13.3 Å². The van der Waals surface area contributed by atoms with Crippen LogP contribution in [0.15, 0.2) is 0 Å². The highest BCUT2D eigenvalue weighted by Crippen LogP contribution is 2.30. The van der Waals surface area contributed by atoms with Gasteiger partial charge in [-0.1, -0.05) is 0 Å². The van der Waals surface area contributed by atoms with E-state index < -0.39 is 27.1 Å². The molecule has 1 N–H and O–H groups in total. The first kappa shape index (κ1) is 17.9. The molecule has 1 rings (SSSR count). The van der Waals surface area contributed by atoms with Gasteiger partial charge in [0.25, 0.3) is 0 Å². The normalized spacial score (nSPS) is 25.9. The molecule has 1 fully saturated rings. The summed E-state index contributed by atoms with van der Waals surface area (Å²) in [4.78, 5) is 24.8. The minimum atomic E-state index is -3.20. The molecule has 2 atom stereocenters. The number of rotatable bonds is 5. The van der Waals surface area contributed by atoms with Crippen molar-refractivity contribution in [1.82, 2.24) is 4.90 Å². The van der Waals surface area contributed by atoms with Gasteiger partial charge in [0.15, 0.2) is 9.84 Å². The average molecular weight is 319 g/mol. The number of hydrogen-bond donors (Lipinski definition) is 1. The van der Waals surface area contributed by atoms with Crippen LogP contribution >= 0.6 is 0 Å². The molecular weight excluding hydrogens is 294 g/mol. The zero-order valence-electron chi connectivity index (χ0n) is 13.1. The van der Waals surface area contributed by atoms with Crippen LogP contribution in [-0.4, -0.2) is 54.9 Å². The minimum absolute atomic E-state index is 0.0816. The predicted octanol–water partition coefficient (Wildman–Crippen LogP) is 1.16.